The van der Waals surface area contributed by atoms with Gasteiger partial charge in [-0.2, -0.15) is 0 Å². The van der Waals surface area contributed by atoms with Gasteiger partial charge < -0.3 is 34.4 Å². The Labute approximate surface area is 295 Å². The Bertz CT molecular complexity index is 1340. The number of unbranched alkanes of at least 4 members (excludes halogenated alkanes) is 3. The highest BCUT2D eigenvalue weighted by Gasteiger charge is 2.74. The largest absolute Gasteiger partial charge is 0.463 e. The maximum absolute atomic E-state index is 14.7. The molecule has 4 aliphatic rings. The Balaban J connectivity index is 1.38. The van der Waals surface area contributed by atoms with Crippen LogP contribution in [0.25, 0.3) is 0 Å². The van der Waals surface area contributed by atoms with E-state index in [1.807, 2.05) is 30.3 Å². The van der Waals surface area contributed by atoms with Gasteiger partial charge in [-0.15, -0.1) is 13.2 Å². The molecule has 2 bridgehead atoms. The number of benzene rings is 1. The number of hydrogen-bond acceptors (Lipinski definition) is 9. The highest BCUT2D eigenvalue weighted by Crippen LogP contribution is 2.58. The Morgan fingerprint density at radius 1 is 1.08 bits per heavy atom. The molecule has 4 fully saturated rings. The smallest absolute Gasteiger partial charge is 0.306 e. The lowest BCUT2D eigenvalue weighted by molar-refractivity contribution is -0.148. The molecule has 0 aliphatic carbocycles. The maximum atomic E-state index is 14.7. The number of esters is 1. The fourth-order valence-corrected chi connectivity index (χ4v) is 8.07. The van der Waals surface area contributed by atoms with Crippen LogP contribution in [0.2, 0.25) is 0 Å². The molecule has 12 nitrogen and oxygen atoms in total. The van der Waals surface area contributed by atoms with Crippen molar-refractivity contribution >= 4 is 23.7 Å². The lowest BCUT2D eigenvalue weighted by atomic mass is 9.70. The molecule has 0 radical (unpaired) electrons. The molecule has 2 N–H and O–H groups in total. The summed E-state index contributed by atoms with van der Waals surface area (Å²) in [5, 5.41) is 12.4. The van der Waals surface area contributed by atoms with E-state index >= 15 is 0 Å². The minimum atomic E-state index is -1.12. The van der Waals surface area contributed by atoms with Crippen LogP contribution in [0.3, 0.4) is 0 Å². The number of fused-ring (bicyclic) bond motifs is 1. The molecule has 1 aromatic rings. The molecule has 5 rings (SSSR count). The number of rotatable bonds is 20. The van der Waals surface area contributed by atoms with E-state index in [1.54, 1.807) is 22.0 Å². The zero-order valence-electron chi connectivity index (χ0n) is 29.2. The van der Waals surface area contributed by atoms with Gasteiger partial charge in [0.05, 0.1) is 37.2 Å². The first-order valence-electron chi connectivity index (χ1n) is 18.3. The highest BCUT2D eigenvalue weighted by atomic mass is 16.5. The fraction of sp³-hybridized carbons (Fsp3) is 0.632. The monoisotopic (exact) mass is 694 g/mol. The molecule has 274 valence electrons. The van der Waals surface area contributed by atoms with Crippen LogP contribution in [-0.4, -0.2) is 127 Å². The number of likely N-dealkylation sites (tertiary alicyclic amines) is 1. The summed E-state index contributed by atoms with van der Waals surface area (Å²) in [7, 11) is 0. The van der Waals surface area contributed by atoms with E-state index in [2.05, 4.69) is 23.4 Å². The van der Waals surface area contributed by atoms with Crippen LogP contribution in [0.5, 0.6) is 0 Å². The van der Waals surface area contributed by atoms with Gasteiger partial charge >= 0.3 is 5.97 Å². The zero-order valence-corrected chi connectivity index (χ0v) is 29.2. The van der Waals surface area contributed by atoms with Crippen molar-refractivity contribution in [2.24, 2.45) is 11.8 Å². The number of morpholine rings is 1. The summed E-state index contributed by atoms with van der Waals surface area (Å²) < 4.78 is 17.7. The topological polar surface area (TPSA) is 138 Å². The predicted molar refractivity (Wildman–Crippen MR) is 187 cm³/mol. The van der Waals surface area contributed by atoms with E-state index in [0.717, 1.165) is 31.5 Å². The standard InChI is InChI=1S/C38H54N4O8/c1-3-5-15-31(44)49-27-29(28-13-9-8-10-14-28)39-35(45)32-30-16-17-38(50-30)33(32)36(46)42(19-11-6-7-12-24-43)34(38)37(47)41(18-4-2)21-20-40-22-25-48-26-23-40/h3-4,8-10,13-14,29-30,32-34,43H,1-2,5-7,11-12,15-27H2,(H,39,45)/t29-,30-,32+,33+,34-,38+/m0/s1. The Morgan fingerprint density at radius 2 is 1.84 bits per heavy atom. The molecule has 4 saturated heterocycles. The first-order valence-corrected chi connectivity index (χ1v) is 18.3. The van der Waals surface area contributed by atoms with Crippen molar-refractivity contribution in [3.63, 3.8) is 0 Å². The molecule has 1 aromatic carbocycles. The molecular weight excluding hydrogens is 640 g/mol. The van der Waals surface area contributed by atoms with Gasteiger partial charge in [0.25, 0.3) is 0 Å². The normalized spacial score (nSPS) is 26.3. The van der Waals surface area contributed by atoms with Crippen LogP contribution in [0.15, 0.2) is 55.6 Å². The molecule has 12 heteroatoms. The molecule has 4 aliphatic heterocycles. The molecule has 6 atom stereocenters. The number of nitrogens with one attached hydrogen (secondary N) is 1. The van der Waals surface area contributed by atoms with Crippen molar-refractivity contribution in [3.8, 4) is 0 Å². The Kier molecular flexibility index (Phi) is 13.6. The van der Waals surface area contributed by atoms with Gasteiger partial charge in [0.15, 0.2) is 0 Å². The molecule has 4 heterocycles. The Hall–Kier alpha value is -3.58. The number of allylic oxidation sites excluding steroid dienone is 1. The molecule has 50 heavy (non-hydrogen) atoms. The fourth-order valence-electron chi connectivity index (χ4n) is 8.07. The second kappa shape index (κ2) is 18.1. The maximum Gasteiger partial charge on any atom is 0.306 e. The molecule has 1 spiro atoms. The van der Waals surface area contributed by atoms with E-state index in [4.69, 9.17) is 14.2 Å². The summed E-state index contributed by atoms with van der Waals surface area (Å²) in [5.41, 5.74) is -0.351. The van der Waals surface area contributed by atoms with E-state index in [-0.39, 0.29) is 43.3 Å². The number of ether oxygens (including phenoxy) is 3. The number of hydrogen-bond donors (Lipinski definition) is 2. The van der Waals surface area contributed by atoms with Gasteiger partial charge in [0, 0.05) is 52.3 Å². The molecule has 0 aromatic heterocycles. The van der Waals surface area contributed by atoms with Gasteiger partial charge in [-0.25, -0.2) is 0 Å². The summed E-state index contributed by atoms with van der Waals surface area (Å²) in [6, 6.07) is 7.81. The number of nitrogens with zero attached hydrogens (tertiary/aromatic N) is 3. The van der Waals surface area contributed by atoms with Gasteiger partial charge in [-0.3, -0.25) is 24.1 Å². The summed E-state index contributed by atoms with van der Waals surface area (Å²) in [4.78, 5) is 61.6. The van der Waals surface area contributed by atoms with Crippen molar-refractivity contribution in [2.75, 3.05) is 65.7 Å². The highest BCUT2D eigenvalue weighted by molar-refractivity contribution is 5.99. The second-order valence-corrected chi connectivity index (χ2v) is 13.7. The summed E-state index contributed by atoms with van der Waals surface area (Å²) in [5.74, 6) is -2.76. The van der Waals surface area contributed by atoms with Crippen LogP contribution in [0.4, 0.5) is 0 Å². The minimum Gasteiger partial charge on any atom is -0.463 e. The van der Waals surface area contributed by atoms with Crippen LogP contribution >= 0.6 is 0 Å². The van der Waals surface area contributed by atoms with Gasteiger partial charge in [0.1, 0.15) is 18.2 Å². The molecule has 0 saturated carbocycles. The SMILES string of the molecule is C=CCCC(=O)OC[C@H](NC(=O)[C@@H]1[C@@H]2CC[C@]3(O2)[C@H](C(=O)N(CC=C)CCN2CCOCC2)N(CCCCCCO)C(=O)[C@@H]13)c1ccccc1. The van der Waals surface area contributed by atoms with Crippen molar-refractivity contribution in [2.45, 2.75) is 75.2 Å². The lowest BCUT2D eigenvalue weighted by Crippen LogP contribution is -2.57. The molecule has 0 unspecified atom stereocenters. The summed E-state index contributed by atoms with van der Waals surface area (Å²) >= 11 is 0. The van der Waals surface area contributed by atoms with Crippen LogP contribution < -0.4 is 5.32 Å². The zero-order chi connectivity index (χ0) is 35.5. The summed E-state index contributed by atoms with van der Waals surface area (Å²) in [6.45, 7) is 12.4. The van der Waals surface area contributed by atoms with Crippen molar-refractivity contribution in [1.82, 2.24) is 20.0 Å². The van der Waals surface area contributed by atoms with Crippen molar-refractivity contribution < 1.29 is 38.5 Å². The number of carbonyl (C=O) groups is 4. The van der Waals surface area contributed by atoms with Crippen LogP contribution in [0, 0.1) is 11.8 Å². The predicted octanol–water partition coefficient (Wildman–Crippen LogP) is 2.63. The van der Waals surface area contributed by atoms with Crippen molar-refractivity contribution in [3.05, 3.63) is 61.2 Å². The van der Waals surface area contributed by atoms with Crippen molar-refractivity contribution in [1.29, 1.82) is 0 Å². The first kappa shape index (κ1) is 37.7. The summed E-state index contributed by atoms with van der Waals surface area (Å²) in [6.07, 6.45) is 7.54. The third kappa shape index (κ3) is 8.47. The van der Waals surface area contributed by atoms with Crippen LogP contribution in [0.1, 0.15) is 63.0 Å². The quantitative estimate of drug-likeness (QED) is 0.120. The number of aliphatic hydroxyl groups excluding tert-OH is 1. The van der Waals surface area contributed by atoms with Gasteiger partial charge in [-0.1, -0.05) is 55.3 Å². The number of aliphatic hydroxyl groups is 1. The van der Waals surface area contributed by atoms with E-state index in [9.17, 15) is 24.3 Å². The lowest BCUT2D eigenvalue weighted by Gasteiger charge is -2.37. The minimum absolute atomic E-state index is 0.0611. The number of amides is 3. The van der Waals surface area contributed by atoms with Crippen LogP contribution in [-0.2, 0) is 33.4 Å². The van der Waals surface area contributed by atoms with E-state index in [1.165, 1.54) is 0 Å². The van der Waals surface area contributed by atoms with E-state index in [0.29, 0.717) is 71.5 Å². The average molecular weight is 695 g/mol. The van der Waals surface area contributed by atoms with Gasteiger partial charge in [-0.05, 0) is 37.7 Å². The third-order valence-electron chi connectivity index (χ3n) is 10.6. The van der Waals surface area contributed by atoms with E-state index < -0.39 is 35.6 Å². The Morgan fingerprint density at radius 3 is 2.56 bits per heavy atom. The first-order chi connectivity index (χ1) is 24.3. The number of carbonyl (C=O) groups excluding carboxylic acids is 4. The third-order valence-corrected chi connectivity index (χ3v) is 10.6. The molecular formula is C38H54N4O8. The molecule has 3 amide bonds. The van der Waals surface area contributed by atoms with Gasteiger partial charge in [0.2, 0.25) is 17.7 Å². The average Bonchev–Trinajstić information content (AvgIpc) is 3.78. The second-order valence-electron chi connectivity index (χ2n) is 13.7.